The lowest BCUT2D eigenvalue weighted by atomic mass is 10.1. The van der Waals surface area contributed by atoms with Gasteiger partial charge in [0.05, 0.1) is 17.3 Å². The number of nitrogens with zero attached hydrogens (tertiary/aromatic N) is 6. The van der Waals surface area contributed by atoms with Gasteiger partial charge in [-0.3, -0.25) is 5.10 Å². The van der Waals surface area contributed by atoms with Crippen LogP contribution in [0, 0.1) is 0 Å². The van der Waals surface area contributed by atoms with Crippen LogP contribution in [0.15, 0.2) is 61.3 Å². The van der Waals surface area contributed by atoms with Gasteiger partial charge in [0.2, 0.25) is 0 Å². The molecule has 0 radical (unpaired) electrons. The zero-order chi connectivity index (χ0) is 15.2. The normalized spacial score (nSPS) is 11.5. The summed E-state index contributed by atoms with van der Waals surface area (Å²) in [5.41, 5.74) is 3.44. The molecule has 0 unspecified atom stereocenters. The molecule has 0 aliphatic carbocycles. The van der Waals surface area contributed by atoms with Gasteiger partial charge in [0.15, 0.2) is 17.1 Å². The highest BCUT2D eigenvalue weighted by Gasteiger charge is 2.14. The first kappa shape index (κ1) is 12.1. The minimum absolute atomic E-state index is 0.657. The summed E-state index contributed by atoms with van der Waals surface area (Å²) in [4.78, 5) is 8.98. The van der Waals surface area contributed by atoms with Crippen molar-refractivity contribution in [2.45, 2.75) is 0 Å². The molecule has 0 amide bonds. The summed E-state index contributed by atoms with van der Waals surface area (Å²) in [5.74, 6) is 0.657. The van der Waals surface area contributed by atoms with Crippen LogP contribution in [0.2, 0.25) is 0 Å². The van der Waals surface area contributed by atoms with Crippen LogP contribution in [-0.4, -0.2) is 34.3 Å². The maximum Gasteiger partial charge on any atom is 0.184 e. The first-order valence-corrected chi connectivity index (χ1v) is 7.17. The van der Waals surface area contributed by atoms with E-state index < -0.39 is 0 Å². The van der Waals surface area contributed by atoms with Crippen molar-refractivity contribution in [3.05, 3.63) is 61.3 Å². The molecule has 0 aliphatic heterocycles. The van der Waals surface area contributed by atoms with Crippen molar-refractivity contribution in [3.63, 3.8) is 0 Å². The van der Waals surface area contributed by atoms with Gasteiger partial charge in [0.1, 0.15) is 6.33 Å². The van der Waals surface area contributed by atoms with Crippen molar-refractivity contribution in [1.29, 1.82) is 0 Å². The van der Waals surface area contributed by atoms with Gasteiger partial charge in [0.25, 0.3) is 0 Å². The molecular formula is C16H11N7. The van der Waals surface area contributed by atoms with Gasteiger partial charge in [-0.1, -0.05) is 12.1 Å². The standard InChI is InChI=1S/C16H11N7/c1-2-6-13(22-7-3-4-8-22)11(5-1)15-19-16-12-9-18-20-14(12)17-10-23(16)21-15/h1-10H,(H,18,20). The second kappa shape index (κ2) is 4.51. The number of benzene rings is 1. The summed E-state index contributed by atoms with van der Waals surface area (Å²) in [5, 5.41) is 12.3. The maximum atomic E-state index is 4.69. The number of aromatic amines is 1. The van der Waals surface area contributed by atoms with Crippen molar-refractivity contribution in [2.24, 2.45) is 0 Å². The quantitative estimate of drug-likeness (QED) is 0.543. The molecule has 110 valence electrons. The number of nitrogens with one attached hydrogen (secondary N) is 1. The summed E-state index contributed by atoms with van der Waals surface area (Å²) in [6.45, 7) is 0. The number of H-pyrrole nitrogens is 1. The number of rotatable bonds is 2. The highest BCUT2D eigenvalue weighted by Crippen LogP contribution is 2.25. The highest BCUT2D eigenvalue weighted by molar-refractivity contribution is 5.88. The zero-order valence-corrected chi connectivity index (χ0v) is 12.0. The van der Waals surface area contributed by atoms with E-state index in [4.69, 9.17) is 4.98 Å². The van der Waals surface area contributed by atoms with Crippen molar-refractivity contribution in [2.75, 3.05) is 0 Å². The largest absolute Gasteiger partial charge is 0.323 e. The Balaban J connectivity index is 1.78. The van der Waals surface area contributed by atoms with Gasteiger partial charge in [-0.25, -0.2) is 14.5 Å². The predicted octanol–water partition coefficient (Wildman–Crippen LogP) is 2.46. The Morgan fingerprint density at radius 3 is 2.78 bits per heavy atom. The smallest absolute Gasteiger partial charge is 0.184 e. The van der Waals surface area contributed by atoms with E-state index in [1.165, 1.54) is 0 Å². The second-order valence-electron chi connectivity index (χ2n) is 5.19. The van der Waals surface area contributed by atoms with Crippen LogP contribution in [-0.2, 0) is 0 Å². The van der Waals surface area contributed by atoms with Crippen LogP contribution >= 0.6 is 0 Å². The molecule has 1 N–H and O–H groups in total. The van der Waals surface area contributed by atoms with Gasteiger partial charge < -0.3 is 4.57 Å². The Hall–Kier alpha value is -3.48. The summed E-state index contributed by atoms with van der Waals surface area (Å²) < 4.78 is 3.73. The molecule has 5 rings (SSSR count). The molecule has 0 saturated carbocycles. The van der Waals surface area contributed by atoms with Gasteiger partial charge >= 0.3 is 0 Å². The van der Waals surface area contributed by atoms with E-state index >= 15 is 0 Å². The van der Waals surface area contributed by atoms with Crippen LogP contribution in [0.4, 0.5) is 0 Å². The Morgan fingerprint density at radius 1 is 1.00 bits per heavy atom. The van der Waals surface area contributed by atoms with Crippen molar-refractivity contribution in [3.8, 4) is 17.1 Å². The van der Waals surface area contributed by atoms with Crippen molar-refractivity contribution in [1.82, 2.24) is 34.3 Å². The molecule has 0 aliphatic rings. The molecule has 0 fully saturated rings. The van der Waals surface area contributed by atoms with Crippen LogP contribution < -0.4 is 0 Å². The second-order valence-corrected chi connectivity index (χ2v) is 5.19. The topological polar surface area (TPSA) is 76.7 Å². The van der Waals surface area contributed by atoms with Crippen molar-refractivity contribution >= 4 is 16.7 Å². The van der Waals surface area contributed by atoms with E-state index in [9.17, 15) is 0 Å². The number of aromatic nitrogens is 7. The van der Waals surface area contributed by atoms with Crippen molar-refractivity contribution < 1.29 is 0 Å². The summed E-state index contributed by atoms with van der Waals surface area (Å²) in [7, 11) is 0. The van der Waals surface area contributed by atoms with Crippen LogP contribution in [0.1, 0.15) is 0 Å². The third-order valence-electron chi connectivity index (χ3n) is 3.82. The Kier molecular flexibility index (Phi) is 2.37. The summed E-state index contributed by atoms with van der Waals surface area (Å²) in [6.07, 6.45) is 7.37. The summed E-state index contributed by atoms with van der Waals surface area (Å²) in [6, 6.07) is 12.0. The Morgan fingerprint density at radius 2 is 1.87 bits per heavy atom. The fraction of sp³-hybridized carbons (Fsp3) is 0. The van der Waals surface area contributed by atoms with Gasteiger partial charge in [0, 0.05) is 18.0 Å². The Labute approximate surface area is 130 Å². The third-order valence-corrected chi connectivity index (χ3v) is 3.82. The van der Waals surface area contributed by atoms with E-state index in [1.807, 2.05) is 53.4 Å². The SMILES string of the molecule is c1ccc(-n2cccc2)c(-c2nc3c4cn[nH]c4ncn3n2)c1. The van der Waals surface area contributed by atoms with E-state index in [0.29, 0.717) is 11.5 Å². The highest BCUT2D eigenvalue weighted by atomic mass is 15.3. The lowest BCUT2D eigenvalue weighted by molar-refractivity contribution is 0.932. The van der Waals surface area contributed by atoms with Crippen LogP contribution in [0.5, 0.6) is 0 Å². The molecule has 0 bridgehead atoms. The fourth-order valence-corrected chi connectivity index (χ4v) is 2.74. The lowest BCUT2D eigenvalue weighted by Crippen LogP contribution is -1.95. The van der Waals surface area contributed by atoms with E-state index in [0.717, 1.165) is 22.3 Å². The van der Waals surface area contributed by atoms with Crippen LogP contribution in [0.3, 0.4) is 0 Å². The van der Waals surface area contributed by atoms with Gasteiger partial charge in [-0.2, -0.15) is 5.10 Å². The van der Waals surface area contributed by atoms with Gasteiger partial charge in [-0.15, -0.1) is 5.10 Å². The molecule has 1 aromatic carbocycles. The maximum absolute atomic E-state index is 4.69. The third kappa shape index (κ3) is 1.76. The van der Waals surface area contributed by atoms with E-state index in [2.05, 4.69) is 20.3 Å². The molecule has 7 nitrogen and oxygen atoms in total. The minimum atomic E-state index is 0.657. The fourth-order valence-electron chi connectivity index (χ4n) is 2.74. The van der Waals surface area contributed by atoms with Crippen LogP contribution in [0.25, 0.3) is 33.8 Å². The molecule has 4 heterocycles. The van der Waals surface area contributed by atoms with E-state index in [-0.39, 0.29) is 0 Å². The molecule has 0 spiro atoms. The first-order valence-electron chi connectivity index (χ1n) is 7.17. The lowest BCUT2D eigenvalue weighted by Gasteiger charge is -2.07. The molecule has 0 atom stereocenters. The average molecular weight is 301 g/mol. The first-order chi connectivity index (χ1) is 11.4. The summed E-state index contributed by atoms with van der Waals surface area (Å²) >= 11 is 0. The zero-order valence-electron chi connectivity index (χ0n) is 12.0. The van der Waals surface area contributed by atoms with E-state index in [1.54, 1.807) is 17.0 Å². The Bertz CT molecular complexity index is 1120. The predicted molar refractivity (Wildman–Crippen MR) is 85.2 cm³/mol. The van der Waals surface area contributed by atoms with Gasteiger partial charge in [-0.05, 0) is 24.3 Å². The molecule has 5 aromatic rings. The molecule has 23 heavy (non-hydrogen) atoms. The number of fused-ring (bicyclic) bond motifs is 3. The number of hydrogen-bond donors (Lipinski definition) is 1. The number of para-hydroxylation sites is 1. The monoisotopic (exact) mass is 301 g/mol. The number of hydrogen-bond acceptors (Lipinski definition) is 4. The molecule has 0 saturated heterocycles. The molecule has 4 aromatic heterocycles. The molecule has 7 heteroatoms. The molecular weight excluding hydrogens is 290 g/mol. The minimum Gasteiger partial charge on any atom is -0.323 e. The average Bonchev–Trinajstić information content (AvgIpc) is 3.32.